The molecule has 1 atom stereocenters. The van der Waals surface area contributed by atoms with Gasteiger partial charge in [-0.1, -0.05) is 10.3 Å². The van der Waals surface area contributed by atoms with E-state index in [0.717, 1.165) is 5.69 Å². The molecular weight excluding hydrogens is 246 g/mol. The summed E-state index contributed by atoms with van der Waals surface area (Å²) in [5.41, 5.74) is 1.99. The minimum absolute atomic E-state index is 0.0649. The minimum atomic E-state index is -0.129. The lowest BCUT2D eigenvalue weighted by molar-refractivity contribution is -0.131. The van der Waals surface area contributed by atoms with Gasteiger partial charge in [0.25, 0.3) is 0 Å². The van der Waals surface area contributed by atoms with Gasteiger partial charge in [-0.25, -0.2) is 14.6 Å². The number of carbonyl (C=O) groups is 1. The Morgan fingerprint density at radius 3 is 2.84 bits per heavy atom. The molecular formula is C12H15N5O2. The summed E-state index contributed by atoms with van der Waals surface area (Å²) in [7, 11) is 1.73. The highest BCUT2D eigenvalue weighted by atomic mass is 16.6. The largest absolute Gasteiger partial charge is 0.337 e. The van der Waals surface area contributed by atoms with Gasteiger partial charge < -0.3 is 4.90 Å². The Labute approximate surface area is 110 Å². The first-order chi connectivity index (χ1) is 9.09. The van der Waals surface area contributed by atoms with Crippen molar-refractivity contribution in [2.45, 2.75) is 26.3 Å². The summed E-state index contributed by atoms with van der Waals surface area (Å²) in [6.45, 7) is 3.67. The van der Waals surface area contributed by atoms with Gasteiger partial charge in [0, 0.05) is 13.2 Å². The maximum atomic E-state index is 12.2. The lowest BCUT2D eigenvalue weighted by Gasteiger charge is -2.24. The lowest BCUT2D eigenvalue weighted by Crippen LogP contribution is -2.31. The molecule has 0 aromatic carbocycles. The minimum Gasteiger partial charge on any atom is -0.337 e. The zero-order valence-corrected chi connectivity index (χ0v) is 11.1. The summed E-state index contributed by atoms with van der Waals surface area (Å²) in [6.07, 6.45) is 3.29. The number of aryl methyl sites for hydroxylation is 1. The van der Waals surface area contributed by atoms with Crippen molar-refractivity contribution < 1.29 is 9.42 Å². The molecule has 2 rings (SSSR count). The van der Waals surface area contributed by atoms with Crippen LogP contribution in [0.25, 0.3) is 0 Å². The Bertz CT molecular complexity index is 554. The maximum absolute atomic E-state index is 12.2. The van der Waals surface area contributed by atoms with Crippen LogP contribution in [-0.4, -0.2) is 38.1 Å². The summed E-state index contributed by atoms with van der Waals surface area (Å²) in [5, 5.41) is 7.37. The van der Waals surface area contributed by atoms with Crippen LogP contribution in [0.15, 0.2) is 23.2 Å². The first-order valence-electron chi connectivity index (χ1n) is 5.89. The summed E-state index contributed by atoms with van der Waals surface area (Å²) in [5.74, 6) is -0.0649. The molecule has 2 aromatic rings. The van der Waals surface area contributed by atoms with Crippen molar-refractivity contribution in [1.82, 2.24) is 25.2 Å². The first-order valence-corrected chi connectivity index (χ1v) is 5.89. The smallest absolute Gasteiger partial charge is 0.229 e. The number of rotatable bonds is 4. The molecule has 0 bridgehead atoms. The summed E-state index contributed by atoms with van der Waals surface area (Å²) in [6, 6.07) is 1.66. The molecule has 1 amide bonds. The van der Waals surface area contributed by atoms with Crippen LogP contribution in [0.4, 0.5) is 0 Å². The van der Waals surface area contributed by atoms with Crippen LogP contribution >= 0.6 is 0 Å². The standard InChI is InChI=1S/C12H15N5O2/c1-8-11(16-19-15-8)6-12(18)17(3)9(2)10-4-5-13-7-14-10/h4-5,7,9H,6H2,1-3H3/t9-/m0/s1. The molecule has 0 saturated carbocycles. The second-order valence-corrected chi connectivity index (χ2v) is 4.29. The van der Waals surface area contributed by atoms with E-state index in [0.29, 0.717) is 11.4 Å². The molecule has 100 valence electrons. The molecule has 0 N–H and O–H groups in total. The predicted octanol–water partition coefficient (Wildman–Crippen LogP) is 0.930. The van der Waals surface area contributed by atoms with Gasteiger partial charge in [0.1, 0.15) is 17.7 Å². The van der Waals surface area contributed by atoms with E-state index in [-0.39, 0.29) is 18.4 Å². The van der Waals surface area contributed by atoms with Gasteiger partial charge in [-0.15, -0.1) is 0 Å². The number of hydrogen-bond acceptors (Lipinski definition) is 6. The van der Waals surface area contributed by atoms with Crippen LogP contribution in [0.2, 0.25) is 0 Å². The van der Waals surface area contributed by atoms with E-state index in [4.69, 9.17) is 0 Å². The third-order valence-electron chi connectivity index (χ3n) is 3.07. The van der Waals surface area contributed by atoms with Crippen LogP contribution in [0.5, 0.6) is 0 Å². The Balaban J connectivity index is 2.05. The Morgan fingerprint density at radius 2 is 2.26 bits per heavy atom. The SMILES string of the molecule is Cc1nonc1CC(=O)N(C)[C@@H](C)c1ccncn1. The molecule has 0 spiro atoms. The van der Waals surface area contributed by atoms with Gasteiger partial charge in [0.2, 0.25) is 5.91 Å². The van der Waals surface area contributed by atoms with Crippen molar-refractivity contribution in [3.8, 4) is 0 Å². The summed E-state index contributed by atoms with van der Waals surface area (Å²) in [4.78, 5) is 21.8. The quantitative estimate of drug-likeness (QED) is 0.814. The van der Waals surface area contributed by atoms with E-state index < -0.39 is 0 Å². The number of aromatic nitrogens is 4. The number of carbonyl (C=O) groups excluding carboxylic acids is 1. The van der Waals surface area contributed by atoms with Crippen LogP contribution in [0, 0.1) is 6.92 Å². The fourth-order valence-electron chi connectivity index (χ4n) is 1.64. The van der Waals surface area contributed by atoms with Gasteiger partial charge in [-0.3, -0.25) is 4.79 Å². The van der Waals surface area contributed by atoms with Crippen molar-refractivity contribution in [3.05, 3.63) is 35.7 Å². The number of nitrogens with zero attached hydrogens (tertiary/aromatic N) is 5. The van der Waals surface area contributed by atoms with Gasteiger partial charge >= 0.3 is 0 Å². The number of likely N-dealkylation sites (N-methyl/N-ethyl adjacent to an activating group) is 1. The van der Waals surface area contributed by atoms with Gasteiger partial charge in [-0.2, -0.15) is 0 Å². The molecule has 0 aliphatic carbocycles. The molecule has 19 heavy (non-hydrogen) atoms. The first kappa shape index (κ1) is 13.1. The van der Waals surface area contributed by atoms with E-state index >= 15 is 0 Å². The molecule has 2 aromatic heterocycles. The highest BCUT2D eigenvalue weighted by Crippen LogP contribution is 2.16. The van der Waals surface area contributed by atoms with Crippen molar-refractivity contribution in [1.29, 1.82) is 0 Å². The molecule has 7 heteroatoms. The normalized spacial score (nSPS) is 12.2. The topological polar surface area (TPSA) is 85.0 Å². The molecule has 0 radical (unpaired) electrons. The highest BCUT2D eigenvalue weighted by Gasteiger charge is 2.20. The van der Waals surface area contributed by atoms with E-state index in [2.05, 4.69) is 24.9 Å². The molecule has 0 fully saturated rings. The second-order valence-electron chi connectivity index (χ2n) is 4.29. The number of amides is 1. The second kappa shape index (κ2) is 5.55. The average Bonchev–Trinajstić information content (AvgIpc) is 2.83. The van der Waals surface area contributed by atoms with Crippen molar-refractivity contribution in [2.75, 3.05) is 7.05 Å². The molecule has 7 nitrogen and oxygen atoms in total. The summed E-state index contributed by atoms with van der Waals surface area (Å²) >= 11 is 0. The van der Waals surface area contributed by atoms with Crippen LogP contribution < -0.4 is 0 Å². The van der Waals surface area contributed by atoms with Gasteiger partial charge in [0.05, 0.1) is 18.2 Å². The maximum Gasteiger partial charge on any atom is 0.229 e. The predicted molar refractivity (Wildman–Crippen MR) is 66.0 cm³/mol. The molecule has 0 aliphatic heterocycles. The van der Waals surface area contributed by atoms with Crippen molar-refractivity contribution >= 4 is 5.91 Å². The van der Waals surface area contributed by atoms with Gasteiger partial charge in [-0.05, 0) is 19.9 Å². The third-order valence-corrected chi connectivity index (χ3v) is 3.07. The zero-order chi connectivity index (χ0) is 13.8. The lowest BCUT2D eigenvalue weighted by atomic mass is 10.1. The van der Waals surface area contributed by atoms with E-state index in [9.17, 15) is 4.79 Å². The summed E-state index contributed by atoms with van der Waals surface area (Å²) < 4.78 is 4.58. The van der Waals surface area contributed by atoms with Crippen LogP contribution in [-0.2, 0) is 11.2 Å². The Hall–Kier alpha value is -2.31. The number of hydrogen-bond donors (Lipinski definition) is 0. The van der Waals surface area contributed by atoms with Crippen molar-refractivity contribution in [2.24, 2.45) is 0 Å². The average molecular weight is 261 g/mol. The monoisotopic (exact) mass is 261 g/mol. The van der Waals surface area contributed by atoms with Crippen LogP contribution in [0.3, 0.4) is 0 Å². The van der Waals surface area contributed by atoms with Crippen LogP contribution in [0.1, 0.15) is 30.0 Å². The van der Waals surface area contributed by atoms with E-state index in [1.807, 2.05) is 6.92 Å². The molecule has 2 heterocycles. The van der Waals surface area contributed by atoms with Crippen molar-refractivity contribution in [3.63, 3.8) is 0 Å². The third kappa shape index (κ3) is 2.93. The highest BCUT2D eigenvalue weighted by molar-refractivity contribution is 5.78. The van der Waals surface area contributed by atoms with E-state index in [1.165, 1.54) is 6.33 Å². The molecule has 0 unspecified atom stereocenters. The molecule has 0 aliphatic rings. The fourth-order valence-corrected chi connectivity index (χ4v) is 1.64. The zero-order valence-electron chi connectivity index (χ0n) is 11.1. The molecule has 0 saturated heterocycles. The Morgan fingerprint density at radius 1 is 1.47 bits per heavy atom. The Kier molecular flexibility index (Phi) is 3.84. The van der Waals surface area contributed by atoms with Gasteiger partial charge in [0.15, 0.2) is 0 Å². The fraction of sp³-hybridized carbons (Fsp3) is 0.417. The van der Waals surface area contributed by atoms with E-state index in [1.54, 1.807) is 31.1 Å².